The molecule has 25 heavy (non-hydrogen) atoms. The molecule has 0 aliphatic carbocycles. The first-order valence-electron chi connectivity index (χ1n) is 8.91. The highest BCUT2D eigenvalue weighted by Gasteiger charge is 2.34. The second-order valence-electron chi connectivity index (χ2n) is 7.87. The van der Waals surface area contributed by atoms with Gasteiger partial charge in [0.1, 0.15) is 0 Å². The fourth-order valence-corrected chi connectivity index (χ4v) is 4.64. The fraction of sp³-hybridized carbons (Fsp3) is 0.526. The third-order valence-electron chi connectivity index (χ3n) is 4.30. The maximum absolute atomic E-state index is 12.3. The topological polar surface area (TPSA) is 57.7 Å². The highest BCUT2D eigenvalue weighted by Crippen LogP contribution is 2.22. The van der Waals surface area contributed by atoms with Gasteiger partial charge in [-0.1, -0.05) is 31.8 Å². The van der Waals surface area contributed by atoms with Gasteiger partial charge in [0.15, 0.2) is 0 Å². The monoisotopic (exact) mass is 360 g/mol. The maximum atomic E-state index is 12.3. The molecule has 1 aliphatic heterocycles. The number of carbonyl (C=O) groups excluding carboxylic acids is 3. The molecule has 0 saturated heterocycles. The minimum Gasteiger partial charge on any atom is -0.346 e. The van der Waals surface area contributed by atoms with E-state index < -0.39 is 8.07 Å². The van der Waals surface area contributed by atoms with Gasteiger partial charge in [0.25, 0.3) is 11.8 Å². The van der Waals surface area contributed by atoms with Crippen molar-refractivity contribution in [3.8, 4) is 0 Å². The van der Waals surface area contributed by atoms with Gasteiger partial charge in [-0.05, 0) is 31.4 Å². The maximum Gasteiger partial charge on any atom is 0.261 e. The minimum atomic E-state index is -1.32. The van der Waals surface area contributed by atoms with Crippen LogP contribution < -0.4 is 0 Å². The second-order valence-corrected chi connectivity index (χ2v) is 13.3. The van der Waals surface area contributed by atoms with Gasteiger partial charge in [-0.15, -0.1) is 0 Å². The van der Waals surface area contributed by atoms with Crippen molar-refractivity contribution < 1.29 is 14.4 Å². The summed E-state index contributed by atoms with van der Waals surface area (Å²) in [6.45, 7) is 9.59. The van der Waals surface area contributed by atoms with Crippen LogP contribution in [0, 0.1) is 0 Å². The van der Waals surface area contributed by atoms with Crippen LogP contribution in [0.4, 0.5) is 0 Å². The van der Waals surface area contributed by atoms with Crippen molar-refractivity contribution in [1.82, 2.24) is 9.80 Å². The molecule has 1 aromatic rings. The number of rotatable bonds is 8. The summed E-state index contributed by atoms with van der Waals surface area (Å²) >= 11 is 0. The summed E-state index contributed by atoms with van der Waals surface area (Å²) in [6, 6.07) is 6.97. The van der Waals surface area contributed by atoms with E-state index in [0.29, 0.717) is 17.7 Å². The van der Waals surface area contributed by atoms with Gasteiger partial charge >= 0.3 is 0 Å². The molecular weight excluding hydrogens is 332 g/mol. The van der Waals surface area contributed by atoms with Gasteiger partial charge in [0.2, 0.25) is 5.91 Å². The number of imide groups is 1. The molecule has 6 heteroatoms. The number of benzene rings is 1. The molecule has 0 fully saturated rings. The molecule has 0 bridgehead atoms. The third-order valence-corrected chi connectivity index (χ3v) is 5.63. The van der Waals surface area contributed by atoms with Crippen LogP contribution >= 0.6 is 0 Å². The first-order chi connectivity index (χ1) is 11.7. The second kappa shape index (κ2) is 7.95. The lowest BCUT2D eigenvalue weighted by molar-refractivity contribution is -0.128. The van der Waals surface area contributed by atoms with Crippen LogP contribution in [0.5, 0.6) is 0 Å². The normalized spacial score (nSPS) is 14.0. The standard InChI is InChI=1S/C19H28N2O3Si/c1-15(22)20(14-25(2,3)4)12-8-5-9-13-21-18(23)16-10-6-7-11-17(16)19(21)24/h6-7,10-11H,5,8-9,12-14H2,1-4H3. The predicted octanol–water partition coefficient (Wildman–Crippen LogP) is 3.18. The Bertz CT molecular complexity index is 632. The van der Waals surface area contributed by atoms with E-state index in [2.05, 4.69) is 19.6 Å². The van der Waals surface area contributed by atoms with Crippen LogP contribution in [-0.2, 0) is 4.79 Å². The number of hydrogen-bond donors (Lipinski definition) is 0. The van der Waals surface area contributed by atoms with Crippen LogP contribution in [0.3, 0.4) is 0 Å². The summed E-state index contributed by atoms with van der Waals surface area (Å²) < 4.78 is 0. The first kappa shape index (κ1) is 19.4. The average Bonchev–Trinajstić information content (AvgIpc) is 2.77. The Hall–Kier alpha value is -1.95. The van der Waals surface area contributed by atoms with Crippen LogP contribution in [0.2, 0.25) is 19.6 Å². The number of unbranched alkanes of at least 4 members (excludes halogenated alkanes) is 2. The van der Waals surface area contributed by atoms with Crippen molar-refractivity contribution in [2.75, 3.05) is 19.3 Å². The molecule has 0 aromatic heterocycles. The molecule has 0 unspecified atom stereocenters. The van der Waals surface area contributed by atoms with Crippen LogP contribution in [0.15, 0.2) is 24.3 Å². The number of hydrogen-bond acceptors (Lipinski definition) is 3. The summed E-state index contributed by atoms with van der Waals surface area (Å²) in [6.07, 6.45) is 3.43. The molecule has 0 radical (unpaired) electrons. The van der Waals surface area contributed by atoms with Gasteiger partial charge in [-0.2, -0.15) is 0 Å². The highest BCUT2D eigenvalue weighted by molar-refractivity contribution is 6.76. The van der Waals surface area contributed by atoms with Gasteiger partial charge in [-0.3, -0.25) is 19.3 Å². The minimum absolute atomic E-state index is 0.128. The quantitative estimate of drug-likeness (QED) is 0.406. The number of carbonyl (C=O) groups is 3. The van der Waals surface area contributed by atoms with E-state index in [0.717, 1.165) is 32.0 Å². The van der Waals surface area contributed by atoms with Crippen molar-refractivity contribution in [3.63, 3.8) is 0 Å². The van der Waals surface area contributed by atoms with Crippen molar-refractivity contribution >= 4 is 25.8 Å². The molecule has 1 aromatic carbocycles. The summed E-state index contributed by atoms with van der Waals surface area (Å²) in [5.41, 5.74) is 1.01. The van der Waals surface area contributed by atoms with E-state index in [-0.39, 0.29) is 17.7 Å². The van der Waals surface area contributed by atoms with Crippen LogP contribution in [-0.4, -0.2) is 54.9 Å². The zero-order chi connectivity index (χ0) is 18.6. The average molecular weight is 361 g/mol. The van der Waals surface area contributed by atoms with Gasteiger partial charge < -0.3 is 4.90 Å². The molecule has 136 valence electrons. The van der Waals surface area contributed by atoms with E-state index in [9.17, 15) is 14.4 Å². The summed E-state index contributed by atoms with van der Waals surface area (Å²) in [7, 11) is -1.32. The van der Waals surface area contributed by atoms with Crippen molar-refractivity contribution in [2.45, 2.75) is 45.8 Å². The molecule has 0 saturated carbocycles. The van der Waals surface area contributed by atoms with Crippen LogP contribution in [0.25, 0.3) is 0 Å². The zero-order valence-corrected chi connectivity index (χ0v) is 16.7. The summed E-state index contributed by atoms with van der Waals surface area (Å²) in [5, 5.41) is 0. The lowest BCUT2D eigenvalue weighted by atomic mass is 10.1. The van der Waals surface area contributed by atoms with Crippen molar-refractivity contribution in [3.05, 3.63) is 35.4 Å². The van der Waals surface area contributed by atoms with Gasteiger partial charge in [0.05, 0.1) is 19.2 Å². The molecule has 1 aliphatic rings. The van der Waals surface area contributed by atoms with Gasteiger partial charge in [0, 0.05) is 26.2 Å². The lowest BCUT2D eigenvalue weighted by Gasteiger charge is -2.28. The number of nitrogens with zero attached hydrogens (tertiary/aromatic N) is 2. The van der Waals surface area contributed by atoms with Crippen LogP contribution in [0.1, 0.15) is 46.9 Å². The van der Waals surface area contributed by atoms with E-state index in [1.54, 1.807) is 31.2 Å². The molecular formula is C19H28N2O3Si. The Balaban J connectivity index is 1.78. The Kier molecular flexibility index (Phi) is 6.16. The van der Waals surface area contributed by atoms with Crippen molar-refractivity contribution in [1.29, 1.82) is 0 Å². The molecule has 0 atom stereocenters. The van der Waals surface area contributed by atoms with Gasteiger partial charge in [-0.25, -0.2) is 0 Å². The molecule has 0 spiro atoms. The Morgan fingerprint density at radius 3 is 2.04 bits per heavy atom. The third kappa shape index (κ3) is 5.01. The van der Waals surface area contributed by atoms with Crippen molar-refractivity contribution in [2.24, 2.45) is 0 Å². The number of amides is 3. The van der Waals surface area contributed by atoms with E-state index >= 15 is 0 Å². The zero-order valence-electron chi connectivity index (χ0n) is 15.7. The first-order valence-corrected chi connectivity index (χ1v) is 12.6. The molecule has 0 N–H and O–H groups in total. The smallest absolute Gasteiger partial charge is 0.261 e. The summed E-state index contributed by atoms with van der Waals surface area (Å²) in [4.78, 5) is 39.6. The SMILES string of the molecule is CC(=O)N(CCCCCN1C(=O)c2ccccc2C1=O)C[Si](C)(C)C. The fourth-order valence-electron chi connectivity index (χ4n) is 3.11. The molecule has 5 nitrogen and oxygen atoms in total. The molecule has 3 amide bonds. The Labute approximate surface area is 151 Å². The Morgan fingerprint density at radius 1 is 1.00 bits per heavy atom. The number of fused-ring (bicyclic) bond motifs is 1. The predicted molar refractivity (Wildman–Crippen MR) is 101 cm³/mol. The largest absolute Gasteiger partial charge is 0.346 e. The molecule has 2 rings (SSSR count). The van der Waals surface area contributed by atoms with E-state index in [1.807, 2.05) is 4.90 Å². The van der Waals surface area contributed by atoms with E-state index in [4.69, 9.17) is 0 Å². The summed E-state index contributed by atoms with van der Waals surface area (Å²) in [5.74, 6) is -0.253. The molecule has 1 heterocycles. The van der Waals surface area contributed by atoms with E-state index in [1.165, 1.54) is 4.90 Å². The highest BCUT2D eigenvalue weighted by atomic mass is 28.3. The Morgan fingerprint density at radius 2 is 1.56 bits per heavy atom. The lowest BCUT2D eigenvalue weighted by Crippen LogP contribution is -2.43.